The lowest BCUT2D eigenvalue weighted by Gasteiger charge is -2.35. The second kappa shape index (κ2) is 5.66. The summed E-state index contributed by atoms with van der Waals surface area (Å²) < 4.78 is 0. The molecule has 2 amide bonds. The number of nitrogens with two attached hydrogens (primary N) is 1. The van der Waals surface area contributed by atoms with Gasteiger partial charge >= 0.3 is 11.8 Å². The Morgan fingerprint density at radius 2 is 2.00 bits per heavy atom. The number of halogens is 1. The molecule has 0 atom stereocenters. The zero-order chi connectivity index (χ0) is 14.9. The van der Waals surface area contributed by atoms with E-state index < -0.39 is 11.8 Å². The van der Waals surface area contributed by atoms with Crippen LogP contribution < -0.4 is 5.73 Å². The minimum Gasteiger partial charge on any atom is -0.384 e. The van der Waals surface area contributed by atoms with Crippen molar-refractivity contribution in [2.24, 2.45) is 0 Å². The molecule has 7 heteroatoms. The second-order valence-corrected chi connectivity index (χ2v) is 5.39. The fraction of sp³-hybridized carbons (Fsp3) is 0.462. The van der Waals surface area contributed by atoms with E-state index in [0.29, 0.717) is 29.6 Å². The van der Waals surface area contributed by atoms with E-state index in [2.05, 4.69) is 4.98 Å². The van der Waals surface area contributed by atoms with E-state index in [4.69, 9.17) is 17.3 Å². The Morgan fingerprint density at radius 1 is 1.30 bits per heavy atom. The molecule has 6 nitrogen and oxygen atoms in total. The van der Waals surface area contributed by atoms with Crippen LogP contribution in [0.2, 0.25) is 5.02 Å². The number of rotatable bonds is 3. The third-order valence-corrected chi connectivity index (χ3v) is 3.59. The fourth-order valence-corrected chi connectivity index (χ4v) is 2.29. The van der Waals surface area contributed by atoms with Crippen LogP contribution in [0.3, 0.4) is 0 Å². The van der Waals surface area contributed by atoms with Gasteiger partial charge in [0.05, 0.1) is 17.3 Å². The average Bonchev–Trinajstić information content (AvgIpc) is 2.39. The molecule has 1 fully saturated rings. The first-order chi connectivity index (χ1) is 9.40. The van der Waals surface area contributed by atoms with Crippen LogP contribution in [-0.2, 0) is 16.1 Å². The van der Waals surface area contributed by atoms with Crippen molar-refractivity contribution in [3.05, 3.63) is 22.8 Å². The Morgan fingerprint density at radius 3 is 2.65 bits per heavy atom. The highest BCUT2D eigenvalue weighted by molar-refractivity contribution is 6.35. The van der Waals surface area contributed by atoms with Crippen molar-refractivity contribution >= 4 is 29.2 Å². The summed E-state index contributed by atoms with van der Waals surface area (Å²) in [5.74, 6) is -0.666. The number of anilines is 1. The molecular formula is C13H17ClN4O2. The van der Waals surface area contributed by atoms with Crippen LogP contribution in [0.15, 0.2) is 12.1 Å². The van der Waals surface area contributed by atoms with E-state index in [1.807, 2.05) is 13.8 Å². The van der Waals surface area contributed by atoms with E-state index in [1.165, 1.54) is 4.90 Å². The van der Waals surface area contributed by atoms with E-state index in [9.17, 15) is 9.59 Å². The summed E-state index contributed by atoms with van der Waals surface area (Å²) in [6.45, 7) is 4.95. The monoisotopic (exact) mass is 296 g/mol. The Hall–Kier alpha value is -1.82. The summed E-state index contributed by atoms with van der Waals surface area (Å²) in [7, 11) is 0. The maximum Gasteiger partial charge on any atom is 0.312 e. The summed E-state index contributed by atoms with van der Waals surface area (Å²) in [5.41, 5.74) is 6.11. The van der Waals surface area contributed by atoms with Gasteiger partial charge in [0.15, 0.2) is 0 Å². The number of amides is 2. The van der Waals surface area contributed by atoms with Gasteiger partial charge in [0, 0.05) is 19.1 Å². The van der Waals surface area contributed by atoms with Gasteiger partial charge in [0.25, 0.3) is 0 Å². The largest absolute Gasteiger partial charge is 0.384 e. The molecule has 1 aromatic heterocycles. The van der Waals surface area contributed by atoms with Crippen molar-refractivity contribution < 1.29 is 9.59 Å². The number of nitrogen functional groups attached to an aromatic ring is 1. The number of pyridine rings is 1. The van der Waals surface area contributed by atoms with Crippen molar-refractivity contribution in [3.63, 3.8) is 0 Å². The number of carbonyl (C=O) groups is 2. The molecule has 0 aromatic carbocycles. The first-order valence-corrected chi connectivity index (χ1v) is 6.78. The van der Waals surface area contributed by atoms with Crippen LogP contribution in [0, 0.1) is 0 Å². The molecule has 0 saturated carbocycles. The van der Waals surface area contributed by atoms with Gasteiger partial charge in [-0.15, -0.1) is 0 Å². The predicted molar refractivity (Wildman–Crippen MR) is 75.9 cm³/mol. The number of hydrogen-bond donors (Lipinski definition) is 1. The summed E-state index contributed by atoms with van der Waals surface area (Å²) in [6, 6.07) is 3.24. The zero-order valence-electron chi connectivity index (χ0n) is 11.5. The van der Waals surface area contributed by atoms with E-state index in [0.717, 1.165) is 0 Å². The zero-order valence-corrected chi connectivity index (χ0v) is 12.2. The minimum absolute atomic E-state index is 0.0164. The first kappa shape index (κ1) is 14.6. The Labute approximate surface area is 122 Å². The molecule has 0 unspecified atom stereocenters. The predicted octanol–water partition coefficient (Wildman–Crippen LogP) is 0.896. The highest BCUT2D eigenvalue weighted by atomic mass is 35.5. The van der Waals surface area contributed by atoms with Gasteiger partial charge in [-0.2, -0.15) is 0 Å². The molecular weight excluding hydrogens is 280 g/mol. The second-order valence-electron chi connectivity index (χ2n) is 4.98. The highest BCUT2D eigenvalue weighted by Gasteiger charge is 2.34. The minimum atomic E-state index is -0.523. The Balaban J connectivity index is 2.14. The molecule has 2 rings (SSSR count). The molecule has 2 N–H and O–H groups in total. The van der Waals surface area contributed by atoms with Crippen LogP contribution in [0.4, 0.5) is 5.82 Å². The van der Waals surface area contributed by atoms with Gasteiger partial charge in [0.2, 0.25) is 0 Å². The maximum atomic E-state index is 12.1. The molecule has 2 heterocycles. The smallest absolute Gasteiger partial charge is 0.312 e. The van der Waals surface area contributed by atoms with Crippen molar-refractivity contribution in [1.82, 2.24) is 14.8 Å². The van der Waals surface area contributed by atoms with Gasteiger partial charge in [-0.1, -0.05) is 11.6 Å². The third kappa shape index (κ3) is 2.85. The quantitative estimate of drug-likeness (QED) is 0.840. The highest BCUT2D eigenvalue weighted by Crippen LogP contribution is 2.19. The summed E-state index contributed by atoms with van der Waals surface area (Å²) >= 11 is 6.03. The number of piperazine rings is 1. The standard InChI is InChI=1S/C13H17ClN4O2/c1-8(2)18-6-5-17(12(19)13(18)20)7-10-9(14)3-4-11(15)16-10/h3-4,8H,5-7H2,1-2H3,(H2,15,16). The van der Waals surface area contributed by atoms with Gasteiger partial charge < -0.3 is 15.5 Å². The Kier molecular flexibility index (Phi) is 4.13. The molecule has 1 aliphatic rings. The van der Waals surface area contributed by atoms with E-state index in [-0.39, 0.29) is 12.6 Å². The molecule has 0 spiro atoms. The Bertz CT molecular complexity index is 547. The summed E-state index contributed by atoms with van der Waals surface area (Å²) in [4.78, 5) is 31.2. The molecule has 1 aromatic rings. The van der Waals surface area contributed by atoms with Gasteiger partial charge in [-0.3, -0.25) is 9.59 Å². The molecule has 0 bridgehead atoms. The number of aromatic nitrogens is 1. The number of hydrogen-bond acceptors (Lipinski definition) is 4. The fourth-order valence-electron chi connectivity index (χ4n) is 2.13. The van der Waals surface area contributed by atoms with Crippen LogP contribution in [0.5, 0.6) is 0 Å². The average molecular weight is 297 g/mol. The lowest BCUT2D eigenvalue weighted by Crippen LogP contribution is -2.55. The normalized spacial score (nSPS) is 16.2. The maximum absolute atomic E-state index is 12.1. The summed E-state index contributed by atoms with van der Waals surface area (Å²) in [6.07, 6.45) is 0. The number of nitrogens with zero attached hydrogens (tertiary/aromatic N) is 3. The van der Waals surface area contributed by atoms with Crippen molar-refractivity contribution in [1.29, 1.82) is 0 Å². The lowest BCUT2D eigenvalue weighted by atomic mass is 10.2. The molecule has 0 radical (unpaired) electrons. The molecule has 108 valence electrons. The molecule has 0 aliphatic carbocycles. The van der Waals surface area contributed by atoms with Crippen LogP contribution >= 0.6 is 11.6 Å². The van der Waals surface area contributed by atoms with Gasteiger partial charge in [-0.25, -0.2) is 4.98 Å². The topological polar surface area (TPSA) is 79.5 Å². The SMILES string of the molecule is CC(C)N1CCN(Cc2nc(N)ccc2Cl)C(=O)C1=O. The van der Waals surface area contributed by atoms with Crippen LogP contribution in [0.25, 0.3) is 0 Å². The molecule has 1 aliphatic heterocycles. The van der Waals surface area contributed by atoms with Crippen LogP contribution in [0.1, 0.15) is 19.5 Å². The van der Waals surface area contributed by atoms with E-state index >= 15 is 0 Å². The lowest BCUT2D eigenvalue weighted by molar-refractivity contribution is -0.157. The first-order valence-electron chi connectivity index (χ1n) is 6.41. The molecule has 20 heavy (non-hydrogen) atoms. The van der Waals surface area contributed by atoms with Crippen LogP contribution in [-0.4, -0.2) is 45.7 Å². The molecule has 1 saturated heterocycles. The van der Waals surface area contributed by atoms with Crippen molar-refractivity contribution in [2.75, 3.05) is 18.8 Å². The van der Waals surface area contributed by atoms with Crippen molar-refractivity contribution in [2.45, 2.75) is 26.4 Å². The van der Waals surface area contributed by atoms with Gasteiger partial charge in [-0.05, 0) is 26.0 Å². The number of carbonyl (C=O) groups excluding carboxylic acids is 2. The van der Waals surface area contributed by atoms with E-state index in [1.54, 1.807) is 17.0 Å². The van der Waals surface area contributed by atoms with Gasteiger partial charge in [0.1, 0.15) is 5.82 Å². The van der Waals surface area contributed by atoms with Crippen molar-refractivity contribution in [3.8, 4) is 0 Å². The summed E-state index contributed by atoms with van der Waals surface area (Å²) in [5, 5.41) is 0.436. The third-order valence-electron chi connectivity index (χ3n) is 3.25.